The number of nitrogens with zero attached hydrogens (tertiary/aromatic N) is 3. The zero-order chi connectivity index (χ0) is 25.8. The van der Waals surface area contributed by atoms with Gasteiger partial charge >= 0.3 is 0 Å². The van der Waals surface area contributed by atoms with Crippen LogP contribution in [0.25, 0.3) is 0 Å². The van der Waals surface area contributed by atoms with Crippen LogP contribution in [-0.4, -0.2) is 83.0 Å². The first-order valence-electron chi connectivity index (χ1n) is 13.8. The number of benzene rings is 2. The number of hydrogen-bond donors (Lipinski definition) is 2. The van der Waals surface area contributed by atoms with Gasteiger partial charge in [0.1, 0.15) is 0 Å². The van der Waals surface area contributed by atoms with E-state index in [-0.39, 0.29) is 11.8 Å². The molecule has 0 radical (unpaired) electrons. The number of carbonyl (C=O) groups excluding carboxylic acids is 2. The highest BCUT2D eigenvalue weighted by molar-refractivity contribution is 5.80. The lowest BCUT2D eigenvalue weighted by Crippen LogP contribution is -2.44. The Kier molecular flexibility index (Phi) is 8.11. The van der Waals surface area contributed by atoms with Crippen LogP contribution in [-0.2, 0) is 35.4 Å². The number of aliphatic hydroxyl groups is 1. The number of hydrogen-bond acceptors (Lipinski definition) is 5. The summed E-state index contributed by atoms with van der Waals surface area (Å²) in [4.78, 5) is 31.0. The van der Waals surface area contributed by atoms with E-state index in [0.29, 0.717) is 32.1 Å². The van der Waals surface area contributed by atoms with Gasteiger partial charge in [-0.05, 0) is 66.5 Å². The Bertz CT molecular complexity index is 1120. The van der Waals surface area contributed by atoms with E-state index in [1.807, 2.05) is 9.80 Å². The molecule has 37 heavy (non-hydrogen) atoms. The van der Waals surface area contributed by atoms with Crippen molar-refractivity contribution in [3.63, 3.8) is 0 Å². The van der Waals surface area contributed by atoms with Gasteiger partial charge in [-0.1, -0.05) is 30.3 Å². The molecule has 3 aliphatic heterocycles. The quantitative estimate of drug-likeness (QED) is 0.633. The molecule has 3 heterocycles. The van der Waals surface area contributed by atoms with Crippen molar-refractivity contribution in [1.82, 2.24) is 14.7 Å². The second kappa shape index (κ2) is 11.7. The fourth-order valence-corrected chi connectivity index (χ4v) is 6.08. The molecule has 2 N–H and O–H groups in total. The van der Waals surface area contributed by atoms with Crippen molar-refractivity contribution >= 4 is 17.5 Å². The van der Waals surface area contributed by atoms with Crippen molar-refractivity contribution in [2.75, 3.05) is 44.6 Å². The fraction of sp³-hybridized carbons (Fsp3) is 0.533. The van der Waals surface area contributed by atoms with E-state index in [4.69, 9.17) is 0 Å². The molecule has 0 spiro atoms. The van der Waals surface area contributed by atoms with Gasteiger partial charge in [0.15, 0.2) is 0 Å². The number of nitrogens with one attached hydrogen (secondary N) is 1. The summed E-state index contributed by atoms with van der Waals surface area (Å²) >= 11 is 0. The maximum Gasteiger partial charge on any atom is 0.227 e. The van der Waals surface area contributed by atoms with Crippen molar-refractivity contribution in [2.24, 2.45) is 0 Å². The number of carbonyl (C=O) groups is 2. The van der Waals surface area contributed by atoms with Crippen LogP contribution >= 0.6 is 0 Å². The van der Waals surface area contributed by atoms with Gasteiger partial charge in [0, 0.05) is 64.5 Å². The van der Waals surface area contributed by atoms with E-state index in [9.17, 15) is 14.7 Å². The Labute approximate surface area is 220 Å². The average Bonchev–Trinajstić information content (AvgIpc) is 3.20. The smallest absolute Gasteiger partial charge is 0.227 e. The molecular formula is C30H40N4O3. The predicted molar refractivity (Wildman–Crippen MR) is 145 cm³/mol. The fourth-order valence-electron chi connectivity index (χ4n) is 6.08. The molecule has 2 aromatic rings. The van der Waals surface area contributed by atoms with E-state index in [1.54, 1.807) is 6.92 Å². The van der Waals surface area contributed by atoms with E-state index in [1.165, 1.54) is 16.7 Å². The topological polar surface area (TPSA) is 76.1 Å². The summed E-state index contributed by atoms with van der Waals surface area (Å²) in [5, 5.41) is 14.5. The summed E-state index contributed by atoms with van der Waals surface area (Å²) in [6.07, 6.45) is 4.60. The zero-order valence-electron chi connectivity index (χ0n) is 22.0. The van der Waals surface area contributed by atoms with Gasteiger partial charge in [-0.25, -0.2) is 0 Å². The molecule has 2 aromatic carbocycles. The van der Waals surface area contributed by atoms with Gasteiger partial charge in [0.05, 0.1) is 12.5 Å². The molecule has 2 atom stereocenters. The summed E-state index contributed by atoms with van der Waals surface area (Å²) < 4.78 is 0. The van der Waals surface area contributed by atoms with Crippen LogP contribution in [0.3, 0.4) is 0 Å². The minimum atomic E-state index is -0.558. The third-order valence-corrected chi connectivity index (χ3v) is 8.21. The molecule has 0 saturated carbocycles. The van der Waals surface area contributed by atoms with Gasteiger partial charge in [0.2, 0.25) is 11.8 Å². The van der Waals surface area contributed by atoms with Gasteiger partial charge in [-0.15, -0.1) is 0 Å². The largest absolute Gasteiger partial charge is 0.390 e. The summed E-state index contributed by atoms with van der Waals surface area (Å²) in [6, 6.07) is 15.3. The minimum Gasteiger partial charge on any atom is -0.390 e. The van der Waals surface area contributed by atoms with Gasteiger partial charge < -0.3 is 20.2 Å². The van der Waals surface area contributed by atoms with Gasteiger partial charge in [-0.2, -0.15) is 0 Å². The highest BCUT2D eigenvalue weighted by Crippen LogP contribution is 2.24. The number of anilines is 1. The molecule has 7 nitrogen and oxygen atoms in total. The van der Waals surface area contributed by atoms with E-state index in [2.05, 4.69) is 52.7 Å². The third kappa shape index (κ3) is 6.51. The second-order valence-corrected chi connectivity index (χ2v) is 10.9. The van der Waals surface area contributed by atoms with E-state index in [0.717, 1.165) is 69.5 Å². The number of aliphatic hydroxyl groups excluding tert-OH is 1. The monoisotopic (exact) mass is 504 g/mol. The van der Waals surface area contributed by atoms with Crippen LogP contribution in [0.1, 0.15) is 48.4 Å². The van der Waals surface area contributed by atoms with Crippen LogP contribution in [0.4, 0.5) is 5.69 Å². The Morgan fingerprint density at radius 3 is 2.59 bits per heavy atom. The molecule has 0 aromatic heterocycles. The maximum absolute atomic E-state index is 13.2. The number of fused-ring (bicyclic) bond motifs is 2. The van der Waals surface area contributed by atoms with E-state index >= 15 is 0 Å². The van der Waals surface area contributed by atoms with Crippen molar-refractivity contribution in [3.8, 4) is 0 Å². The highest BCUT2D eigenvalue weighted by Gasteiger charge is 2.25. The second-order valence-electron chi connectivity index (χ2n) is 10.9. The first-order valence-corrected chi connectivity index (χ1v) is 13.8. The SMILES string of the molecule is CC(=O)N1CCCC(Nc2ccc3c(c2)CC(=O)N(CC(O)CN2CCc4ccccc4C2)CC3)CC1. The standard InChI is InChI=1S/C30H40N4O3/c1-22(35)33-13-4-7-27(12-16-33)31-28-9-8-24-11-15-34(30(37)18-26(24)17-28)21-29(36)20-32-14-10-23-5-2-3-6-25(23)19-32/h2-3,5-6,8-9,17,27,29,31,36H,4,7,10-16,18-21H2,1H3. The maximum atomic E-state index is 13.2. The van der Waals surface area contributed by atoms with Crippen LogP contribution in [0, 0.1) is 0 Å². The molecule has 2 unspecified atom stereocenters. The van der Waals surface area contributed by atoms with Crippen LogP contribution in [0.5, 0.6) is 0 Å². The summed E-state index contributed by atoms with van der Waals surface area (Å²) in [7, 11) is 0. The Morgan fingerprint density at radius 1 is 0.973 bits per heavy atom. The molecule has 7 heteroatoms. The van der Waals surface area contributed by atoms with E-state index < -0.39 is 6.10 Å². The van der Waals surface area contributed by atoms with Crippen molar-refractivity contribution in [2.45, 2.75) is 64.1 Å². The first kappa shape index (κ1) is 25.7. The lowest BCUT2D eigenvalue weighted by Gasteiger charge is -2.32. The Morgan fingerprint density at radius 2 is 1.76 bits per heavy atom. The Hall–Kier alpha value is -2.90. The number of β-amino-alcohol motifs (C(OH)–C–C–N with tert-alkyl or cyclic N) is 1. The lowest BCUT2D eigenvalue weighted by molar-refractivity contribution is -0.132. The number of amides is 2. The van der Waals surface area contributed by atoms with Crippen molar-refractivity contribution in [1.29, 1.82) is 0 Å². The minimum absolute atomic E-state index is 0.0884. The molecular weight excluding hydrogens is 464 g/mol. The van der Waals surface area contributed by atoms with Crippen LogP contribution in [0.2, 0.25) is 0 Å². The predicted octanol–water partition coefficient (Wildman–Crippen LogP) is 2.85. The molecule has 198 valence electrons. The lowest BCUT2D eigenvalue weighted by atomic mass is 10.00. The van der Waals surface area contributed by atoms with Gasteiger partial charge in [-0.3, -0.25) is 14.5 Å². The molecule has 3 aliphatic rings. The number of rotatable bonds is 6. The normalized spacial score (nSPS) is 21.5. The molecule has 1 fully saturated rings. The van der Waals surface area contributed by atoms with Crippen LogP contribution < -0.4 is 5.32 Å². The summed E-state index contributed by atoms with van der Waals surface area (Å²) in [6.45, 7) is 6.67. The molecule has 1 saturated heterocycles. The third-order valence-electron chi connectivity index (χ3n) is 8.21. The van der Waals surface area contributed by atoms with Gasteiger partial charge in [0.25, 0.3) is 0 Å². The summed E-state index contributed by atoms with van der Waals surface area (Å²) in [5.74, 6) is 0.241. The summed E-state index contributed by atoms with van der Waals surface area (Å²) in [5.41, 5.74) is 6.09. The molecule has 2 amide bonds. The number of likely N-dealkylation sites (tertiary alicyclic amines) is 1. The average molecular weight is 505 g/mol. The van der Waals surface area contributed by atoms with Crippen molar-refractivity contribution in [3.05, 3.63) is 64.7 Å². The zero-order valence-corrected chi connectivity index (χ0v) is 22.0. The molecule has 0 aliphatic carbocycles. The van der Waals surface area contributed by atoms with Crippen LogP contribution in [0.15, 0.2) is 42.5 Å². The Balaban J connectivity index is 1.15. The molecule has 5 rings (SSSR count). The van der Waals surface area contributed by atoms with Crippen molar-refractivity contribution < 1.29 is 14.7 Å². The first-order chi connectivity index (χ1) is 17.9. The highest BCUT2D eigenvalue weighted by atomic mass is 16.3. The molecule has 0 bridgehead atoms.